The van der Waals surface area contributed by atoms with Crippen molar-refractivity contribution in [1.82, 2.24) is 9.97 Å². The van der Waals surface area contributed by atoms with E-state index in [9.17, 15) is 4.79 Å². The van der Waals surface area contributed by atoms with Crippen molar-refractivity contribution in [3.8, 4) is 6.07 Å². The highest BCUT2D eigenvalue weighted by molar-refractivity contribution is 7.99. The average Bonchev–Trinajstić information content (AvgIpc) is 2.80. The van der Waals surface area contributed by atoms with Gasteiger partial charge in [-0.3, -0.25) is 4.79 Å². The first-order valence-electron chi connectivity index (χ1n) is 7.58. The fraction of sp³-hybridized carbons (Fsp3) is 0.562. The van der Waals surface area contributed by atoms with E-state index in [0.717, 1.165) is 40.8 Å². The van der Waals surface area contributed by atoms with Crippen LogP contribution >= 0.6 is 23.1 Å². The number of thiophene rings is 1. The molecule has 118 valence electrons. The summed E-state index contributed by atoms with van der Waals surface area (Å²) in [5, 5.41) is 9.97. The largest absolute Gasteiger partial charge is 0.301 e. The van der Waals surface area contributed by atoms with Gasteiger partial charge in [0.1, 0.15) is 4.83 Å². The van der Waals surface area contributed by atoms with Crippen LogP contribution in [0.3, 0.4) is 0 Å². The molecule has 4 nitrogen and oxygen atoms in total. The van der Waals surface area contributed by atoms with Gasteiger partial charge in [0.15, 0.2) is 5.16 Å². The van der Waals surface area contributed by atoms with Gasteiger partial charge < -0.3 is 4.98 Å². The second-order valence-corrected chi connectivity index (χ2v) is 7.80. The molecule has 0 unspecified atom stereocenters. The normalized spacial score (nSPS) is 12.5. The summed E-state index contributed by atoms with van der Waals surface area (Å²) in [5.41, 5.74) is 1.12. The summed E-state index contributed by atoms with van der Waals surface area (Å²) in [6.07, 6.45) is 3.39. The lowest BCUT2D eigenvalue weighted by Crippen LogP contribution is -2.11. The third kappa shape index (κ3) is 3.90. The predicted octanol–water partition coefficient (Wildman–Crippen LogP) is 4.28. The second kappa shape index (κ2) is 7.80. The predicted molar refractivity (Wildman–Crippen MR) is 93.7 cm³/mol. The molecule has 0 aliphatic heterocycles. The first-order chi connectivity index (χ1) is 10.6. The third-order valence-corrected chi connectivity index (χ3v) is 5.76. The van der Waals surface area contributed by atoms with Gasteiger partial charge in [-0.1, -0.05) is 32.0 Å². The highest BCUT2D eigenvalue weighted by Crippen LogP contribution is 2.30. The molecule has 0 amide bonds. The van der Waals surface area contributed by atoms with Crippen molar-refractivity contribution in [2.24, 2.45) is 5.92 Å². The summed E-state index contributed by atoms with van der Waals surface area (Å²) in [7, 11) is 0. The number of rotatable bonds is 7. The van der Waals surface area contributed by atoms with E-state index in [2.05, 4.69) is 36.8 Å². The van der Waals surface area contributed by atoms with E-state index in [1.54, 1.807) is 11.3 Å². The summed E-state index contributed by atoms with van der Waals surface area (Å²) in [4.78, 5) is 22.0. The lowest BCUT2D eigenvalue weighted by molar-refractivity contribution is 0.561. The van der Waals surface area contributed by atoms with Crippen molar-refractivity contribution in [3.05, 3.63) is 20.8 Å². The van der Waals surface area contributed by atoms with E-state index in [4.69, 9.17) is 5.26 Å². The molecule has 2 aromatic rings. The van der Waals surface area contributed by atoms with Crippen molar-refractivity contribution >= 4 is 33.3 Å². The molecule has 0 saturated heterocycles. The molecule has 2 heterocycles. The van der Waals surface area contributed by atoms with E-state index in [-0.39, 0.29) is 5.56 Å². The number of aromatic nitrogens is 2. The number of fused-ring (bicyclic) bond motifs is 1. The minimum absolute atomic E-state index is 0.0320. The van der Waals surface area contributed by atoms with E-state index in [0.29, 0.717) is 17.5 Å². The standard InChI is InChI=1S/C16H21N3OS2/c1-4-10(2)9-12-11(3)22-15-13(12)14(20)18-16(19-15)21-8-6-5-7-17/h10H,4-6,8-9H2,1-3H3,(H,18,19,20)/t10-/m1/s1. The quantitative estimate of drug-likeness (QED) is 0.466. The molecule has 0 bridgehead atoms. The Kier molecular flexibility index (Phi) is 6.04. The number of nitrogens with zero attached hydrogens (tertiary/aromatic N) is 2. The Morgan fingerprint density at radius 2 is 2.27 bits per heavy atom. The van der Waals surface area contributed by atoms with Gasteiger partial charge in [-0.05, 0) is 31.2 Å². The molecule has 1 N–H and O–H groups in total. The van der Waals surface area contributed by atoms with Crippen LogP contribution in [0.2, 0.25) is 0 Å². The molecule has 0 aliphatic rings. The Morgan fingerprint density at radius 3 is 2.95 bits per heavy atom. The number of hydrogen-bond donors (Lipinski definition) is 1. The molecule has 6 heteroatoms. The monoisotopic (exact) mass is 335 g/mol. The van der Waals surface area contributed by atoms with E-state index in [1.807, 2.05) is 0 Å². The number of aryl methyl sites for hydroxylation is 1. The van der Waals surface area contributed by atoms with Gasteiger partial charge >= 0.3 is 0 Å². The van der Waals surface area contributed by atoms with Gasteiger partial charge in [-0.15, -0.1) is 11.3 Å². The van der Waals surface area contributed by atoms with E-state index in [1.165, 1.54) is 16.6 Å². The topological polar surface area (TPSA) is 69.5 Å². The van der Waals surface area contributed by atoms with Crippen molar-refractivity contribution in [3.63, 3.8) is 0 Å². The fourth-order valence-electron chi connectivity index (χ4n) is 2.28. The molecular formula is C16H21N3OS2. The van der Waals surface area contributed by atoms with Gasteiger partial charge in [-0.2, -0.15) is 5.26 Å². The van der Waals surface area contributed by atoms with Crippen LogP contribution in [0.25, 0.3) is 10.2 Å². The zero-order valence-electron chi connectivity index (χ0n) is 13.2. The summed E-state index contributed by atoms with van der Waals surface area (Å²) >= 11 is 3.12. The molecule has 0 aromatic carbocycles. The molecule has 0 fully saturated rings. The van der Waals surface area contributed by atoms with E-state index >= 15 is 0 Å². The highest BCUT2D eigenvalue weighted by atomic mass is 32.2. The van der Waals surface area contributed by atoms with Gasteiger partial charge in [0.25, 0.3) is 5.56 Å². The maximum absolute atomic E-state index is 12.4. The van der Waals surface area contributed by atoms with Crippen LogP contribution in [0.15, 0.2) is 9.95 Å². The van der Waals surface area contributed by atoms with Crippen LogP contribution in [0.5, 0.6) is 0 Å². The fourth-order valence-corrected chi connectivity index (χ4v) is 4.20. The van der Waals surface area contributed by atoms with Crippen LogP contribution in [0.4, 0.5) is 0 Å². The lowest BCUT2D eigenvalue weighted by Gasteiger charge is -2.08. The number of hydrogen-bond acceptors (Lipinski definition) is 5. The maximum Gasteiger partial charge on any atom is 0.260 e. The Hall–Kier alpha value is -1.32. The minimum atomic E-state index is -0.0320. The Balaban J connectivity index is 2.29. The van der Waals surface area contributed by atoms with E-state index < -0.39 is 0 Å². The second-order valence-electron chi connectivity index (χ2n) is 5.52. The van der Waals surface area contributed by atoms with Crippen LogP contribution in [0, 0.1) is 24.2 Å². The summed E-state index contributed by atoms with van der Waals surface area (Å²) in [6, 6.07) is 2.13. The SMILES string of the molecule is CC[C@@H](C)Cc1c(C)sc2nc(SCCCC#N)[nH]c(=O)c12. The number of aromatic amines is 1. The van der Waals surface area contributed by atoms with Crippen LogP contribution in [-0.2, 0) is 6.42 Å². The van der Waals surface area contributed by atoms with Crippen LogP contribution < -0.4 is 5.56 Å². The molecule has 0 spiro atoms. The van der Waals surface area contributed by atoms with Crippen molar-refractivity contribution in [2.45, 2.75) is 51.6 Å². The van der Waals surface area contributed by atoms with Crippen molar-refractivity contribution < 1.29 is 0 Å². The number of nitrogens with one attached hydrogen (secondary N) is 1. The molecule has 22 heavy (non-hydrogen) atoms. The molecule has 1 atom stereocenters. The molecule has 0 radical (unpaired) electrons. The summed E-state index contributed by atoms with van der Waals surface area (Å²) in [6.45, 7) is 6.46. The minimum Gasteiger partial charge on any atom is -0.301 e. The van der Waals surface area contributed by atoms with Crippen LogP contribution in [0.1, 0.15) is 43.6 Å². The number of unbranched alkanes of at least 4 members (excludes halogenated alkanes) is 1. The van der Waals surface area contributed by atoms with Gasteiger partial charge in [0, 0.05) is 17.1 Å². The smallest absolute Gasteiger partial charge is 0.260 e. The van der Waals surface area contributed by atoms with Gasteiger partial charge in [0.05, 0.1) is 11.5 Å². The Morgan fingerprint density at radius 1 is 1.50 bits per heavy atom. The molecule has 0 saturated carbocycles. The lowest BCUT2D eigenvalue weighted by atomic mass is 9.98. The highest BCUT2D eigenvalue weighted by Gasteiger charge is 2.16. The summed E-state index contributed by atoms with van der Waals surface area (Å²) in [5.74, 6) is 1.36. The average molecular weight is 335 g/mol. The first-order valence-corrected chi connectivity index (χ1v) is 9.39. The number of H-pyrrole nitrogens is 1. The van der Waals surface area contributed by atoms with Gasteiger partial charge in [0.2, 0.25) is 0 Å². The first kappa shape index (κ1) is 17.0. The summed E-state index contributed by atoms with van der Waals surface area (Å²) < 4.78 is 0. The zero-order chi connectivity index (χ0) is 16.1. The molecule has 2 aromatic heterocycles. The molecular weight excluding hydrogens is 314 g/mol. The molecule has 2 rings (SSSR count). The number of nitriles is 1. The number of thioether (sulfide) groups is 1. The van der Waals surface area contributed by atoms with Crippen LogP contribution in [-0.4, -0.2) is 15.7 Å². The van der Waals surface area contributed by atoms with Crippen molar-refractivity contribution in [1.29, 1.82) is 5.26 Å². The molecule has 0 aliphatic carbocycles. The maximum atomic E-state index is 12.4. The van der Waals surface area contributed by atoms with Crippen molar-refractivity contribution in [2.75, 3.05) is 5.75 Å². The van der Waals surface area contributed by atoms with Gasteiger partial charge in [-0.25, -0.2) is 4.98 Å². The zero-order valence-corrected chi connectivity index (χ0v) is 14.9. The Labute approximate surface area is 139 Å². The Bertz CT molecular complexity index is 742. The third-order valence-electron chi connectivity index (χ3n) is 3.76.